The molecule has 1 amide bonds. The van der Waals surface area contributed by atoms with Crippen LogP contribution in [0, 0.1) is 6.92 Å². The Morgan fingerprint density at radius 2 is 1.91 bits per heavy atom. The van der Waals surface area contributed by atoms with Crippen LogP contribution >= 0.6 is 11.3 Å². The second-order valence-electron chi connectivity index (χ2n) is 5.68. The van der Waals surface area contributed by atoms with Gasteiger partial charge in [-0.05, 0) is 36.8 Å². The number of carbonyl (C=O) groups excluding carboxylic acids is 1. The molecule has 1 saturated carbocycles. The lowest BCUT2D eigenvalue weighted by atomic mass is 10.1. The molecule has 1 heterocycles. The number of sulfonamides is 1. The smallest absolute Gasteiger partial charge is 0.263 e. The summed E-state index contributed by atoms with van der Waals surface area (Å²) in [6.07, 6.45) is 1.72. The number of benzene rings is 1. The fourth-order valence-electron chi connectivity index (χ4n) is 2.13. The zero-order valence-corrected chi connectivity index (χ0v) is 14.3. The molecule has 0 saturated heterocycles. The molecule has 0 bridgehead atoms. The van der Waals surface area contributed by atoms with Gasteiger partial charge in [0, 0.05) is 12.6 Å². The molecule has 122 valence electrons. The molecule has 1 fully saturated rings. The predicted molar refractivity (Wildman–Crippen MR) is 90.0 cm³/mol. The van der Waals surface area contributed by atoms with Gasteiger partial charge in [-0.2, -0.15) is 0 Å². The molecule has 7 heteroatoms. The number of nitrogens with one attached hydrogen (secondary N) is 2. The molecule has 1 aliphatic rings. The van der Waals surface area contributed by atoms with Gasteiger partial charge in [0.2, 0.25) is 10.0 Å². The second-order valence-corrected chi connectivity index (χ2v) is 8.28. The number of aryl methyl sites for hydroxylation is 1. The molecule has 1 aromatic heterocycles. The van der Waals surface area contributed by atoms with Crippen LogP contribution in [0.4, 0.5) is 0 Å². The third-order valence-electron chi connectivity index (χ3n) is 3.60. The average molecular weight is 350 g/mol. The van der Waals surface area contributed by atoms with Crippen LogP contribution in [0.3, 0.4) is 0 Å². The number of thiophene rings is 1. The minimum atomic E-state index is -3.62. The maximum atomic E-state index is 12.3. The Bertz CT molecular complexity index is 806. The minimum Gasteiger partial charge on any atom is -0.347 e. The standard InChI is InChI=1S/C16H18N2O3S2/c1-11-2-4-12(5-3-11)10-17-16(19)15-14(8-9-22-15)23(20,21)18-13-6-7-13/h2-5,8-9,13,18H,6-7,10H2,1H3,(H,17,19). The van der Waals surface area contributed by atoms with E-state index in [1.807, 2.05) is 31.2 Å². The lowest BCUT2D eigenvalue weighted by Gasteiger charge is -2.08. The molecule has 0 radical (unpaired) electrons. The van der Waals surface area contributed by atoms with Crippen LogP contribution in [0.2, 0.25) is 0 Å². The molecule has 2 aromatic rings. The van der Waals surface area contributed by atoms with E-state index in [1.165, 1.54) is 6.07 Å². The van der Waals surface area contributed by atoms with Crippen LogP contribution in [0.25, 0.3) is 0 Å². The Balaban J connectivity index is 1.70. The van der Waals surface area contributed by atoms with Crippen molar-refractivity contribution in [3.63, 3.8) is 0 Å². The van der Waals surface area contributed by atoms with Crippen molar-refractivity contribution >= 4 is 27.3 Å². The van der Waals surface area contributed by atoms with Crippen LogP contribution in [-0.4, -0.2) is 20.4 Å². The van der Waals surface area contributed by atoms with Crippen molar-refractivity contribution < 1.29 is 13.2 Å². The van der Waals surface area contributed by atoms with E-state index < -0.39 is 10.0 Å². The Hall–Kier alpha value is -1.70. The van der Waals surface area contributed by atoms with Gasteiger partial charge in [0.15, 0.2) is 0 Å². The molecule has 1 aliphatic carbocycles. The fraction of sp³-hybridized carbons (Fsp3) is 0.312. The van der Waals surface area contributed by atoms with Crippen molar-refractivity contribution in [2.45, 2.75) is 37.2 Å². The average Bonchev–Trinajstić information content (AvgIpc) is 3.16. The molecule has 0 atom stereocenters. The highest BCUT2D eigenvalue weighted by Crippen LogP contribution is 2.26. The molecular formula is C16H18N2O3S2. The van der Waals surface area contributed by atoms with E-state index in [9.17, 15) is 13.2 Å². The first kappa shape index (κ1) is 16.2. The minimum absolute atomic E-state index is 0.0170. The van der Waals surface area contributed by atoms with Crippen molar-refractivity contribution in [3.05, 3.63) is 51.7 Å². The summed E-state index contributed by atoms with van der Waals surface area (Å²) in [4.78, 5) is 12.6. The zero-order valence-electron chi connectivity index (χ0n) is 12.7. The molecule has 5 nitrogen and oxygen atoms in total. The van der Waals surface area contributed by atoms with Crippen molar-refractivity contribution in [1.82, 2.24) is 10.0 Å². The second kappa shape index (κ2) is 6.43. The van der Waals surface area contributed by atoms with Crippen molar-refractivity contribution in [1.29, 1.82) is 0 Å². The quantitative estimate of drug-likeness (QED) is 0.840. The summed E-state index contributed by atoms with van der Waals surface area (Å²) in [6, 6.07) is 9.33. The molecular weight excluding hydrogens is 332 g/mol. The van der Waals surface area contributed by atoms with E-state index in [1.54, 1.807) is 5.38 Å². The van der Waals surface area contributed by atoms with E-state index in [0.29, 0.717) is 6.54 Å². The SMILES string of the molecule is Cc1ccc(CNC(=O)c2sccc2S(=O)(=O)NC2CC2)cc1. The van der Waals surface area contributed by atoms with Crippen LogP contribution in [0.5, 0.6) is 0 Å². The van der Waals surface area contributed by atoms with Gasteiger partial charge in [0.05, 0.1) is 0 Å². The Morgan fingerprint density at radius 3 is 2.57 bits per heavy atom. The summed E-state index contributed by atoms with van der Waals surface area (Å²) < 4.78 is 27.2. The Kier molecular flexibility index (Phi) is 4.52. The first-order valence-electron chi connectivity index (χ1n) is 7.39. The summed E-state index contributed by atoms with van der Waals surface area (Å²) in [5.41, 5.74) is 2.12. The van der Waals surface area contributed by atoms with E-state index >= 15 is 0 Å². The highest BCUT2D eigenvalue weighted by Gasteiger charge is 2.31. The molecule has 23 heavy (non-hydrogen) atoms. The largest absolute Gasteiger partial charge is 0.347 e. The highest BCUT2D eigenvalue weighted by molar-refractivity contribution is 7.89. The summed E-state index contributed by atoms with van der Waals surface area (Å²) in [5.74, 6) is -0.364. The van der Waals surface area contributed by atoms with Gasteiger partial charge in [0.25, 0.3) is 5.91 Å². The lowest BCUT2D eigenvalue weighted by molar-refractivity contribution is 0.0952. The summed E-state index contributed by atoms with van der Waals surface area (Å²) >= 11 is 1.14. The monoisotopic (exact) mass is 350 g/mol. The predicted octanol–water partition coefficient (Wildman–Crippen LogP) is 2.43. The Morgan fingerprint density at radius 1 is 1.22 bits per heavy atom. The van der Waals surface area contributed by atoms with Gasteiger partial charge >= 0.3 is 0 Å². The van der Waals surface area contributed by atoms with Gasteiger partial charge < -0.3 is 5.32 Å². The zero-order chi connectivity index (χ0) is 16.4. The molecule has 0 spiro atoms. The van der Waals surface area contributed by atoms with Gasteiger partial charge in [-0.1, -0.05) is 29.8 Å². The molecule has 3 rings (SSSR count). The molecule has 1 aromatic carbocycles. The molecule has 0 unspecified atom stereocenters. The summed E-state index contributed by atoms with van der Waals surface area (Å²) in [6.45, 7) is 2.37. The number of rotatable bonds is 6. The van der Waals surface area contributed by atoms with Gasteiger partial charge in [-0.25, -0.2) is 13.1 Å². The fourth-order valence-corrected chi connectivity index (χ4v) is 4.78. The first-order valence-corrected chi connectivity index (χ1v) is 9.75. The normalized spacial score (nSPS) is 14.7. The number of hydrogen-bond acceptors (Lipinski definition) is 4. The van der Waals surface area contributed by atoms with Crippen molar-refractivity contribution in [2.75, 3.05) is 0 Å². The van der Waals surface area contributed by atoms with Gasteiger partial charge in [0.1, 0.15) is 9.77 Å². The van der Waals surface area contributed by atoms with Gasteiger partial charge in [-0.15, -0.1) is 11.3 Å². The lowest BCUT2D eigenvalue weighted by Crippen LogP contribution is -2.29. The molecule has 0 aliphatic heterocycles. The van der Waals surface area contributed by atoms with Crippen LogP contribution in [0.1, 0.15) is 33.6 Å². The van der Waals surface area contributed by atoms with Crippen LogP contribution in [-0.2, 0) is 16.6 Å². The maximum absolute atomic E-state index is 12.3. The number of hydrogen-bond donors (Lipinski definition) is 2. The Labute approximate surface area is 139 Å². The summed E-state index contributed by atoms with van der Waals surface area (Å²) in [5, 5.41) is 4.41. The van der Waals surface area contributed by atoms with Gasteiger partial charge in [-0.3, -0.25) is 4.79 Å². The van der Waals surface area contributed by atoms with E-state index in [-0.39, 0.29) is 21.7 Å². The van der Waals surface area contributed by atoms with Crippen molar-refractivity contribution in [2.24, 2.45) is 0 Å². The number of amides is 1. The van der Waals surface area contributed by atoms with Crippen LogP contribution < -0.4 is 10.0 Å². The van der Waals surface area contributed by atoms with E-state index in [4.69, 9.17) is 0 Å². The van der Waals surface area contributed by atoms with Crippen LogP contribution in [0.15, 0.2) is 40.6 Å². The highest BCUT2D eigenvalue weighted by atomic mass is 32.2. The maximum Gasteiger partial charge on any atom is 0.263 e. The third kappa shape index (κ3) is 3.99. The molecule has 2 N–H and O–H groups in total. The number of carbonyl (C=O) groups is 1. The summed E-state index contributed by atoms with van der Waals surface area (Å²) in [7, 11) is -3.62. The topological polar surface area (TPSA) is 75.3 Å². The van der Waals surface area contributed by atoms with E-state index in [2.05, 4.69) is 10.0 Å². The first-order chi connectivity index (χ1) is 11.0. The van der Waals surface area contributed by atoms with E-state index in [0.717, 1.165) is 35.3 Å². The third-order valence-corrected chi connectivity index (χ3v) is 6.20. The van der Waals surface area contributed by atoms with Crippen molar-refractivity contribution in [3.8, 4) is 0 Å².